The van der Waals surface area contributed by atoms with Gasteiger partial charge in [0.1, 0.15) is 5.75 Å². The summed E-state index contributed by atoms with van der Waals surface area (Å²) in [6, 6.07) is 12.1. The van der Waals surface area contributed by atoms with E-state index in [1.54, 1.807) is 7.11 Å². The monoisotopic (exact) mass is 262 g/mol. The van der Waals surface area contributed by atoms with E-state index in [-0.39, 0.29) is 25.9 Å². The molecule has 0 radical (unpaired) electrons. The van der Waals surface area contributed by atoms with Gasteiger partial charge >= 0.3 is 23.1 Å². The van der Waals surface area contributed by atoms with Gasteiger partial charge in [0.2, 0.25) is 0 Å². The fourth-order valence-electron chi connectivity index (χ4n) is 1.41. The van der Waals surface area contributed by atoms with Crippen LogP contribution in [-0.4, -0.2) is 30.2 Å². The largest absolute Gasteiger partial charge is 2.00 e. The standard InChI is InChI=1S/C11H9BrO.Mg.2H/c1-13-11-7-6-10(12)8-4-2-3-5-9(8)11;;;/h2-7H,1H3;;;/q;+2;2*-1. The minimum atomic E-state index is 0. The second kappa shape index (κ2) is 5.00. The molecule has 0 aliphatic rings. The van der Waals surface area contributed by atoms with E-state index in [1.807, 2.05) is 24.3 Å². The number of methoxy groups -OCH3 is 1. The normalized spacial score (nSPS) is 9.57. The second-order valence-corrected chi connectivity index (χ2v) is 3.65. The van der Waals surface area contributed by atoms with Gasteiger partial charge in [0.15, 0.2) is 0 Å². The zero-order chi connectivity index (χ0) is 9.26. The van der Waals surface area contributed by atoms with Crippen molar-refractivity contribution in [3.63, 3.8) is 0 Å². The fourth-order valence-corrected chi connectivity index (χ4v) is 1.89. The zero-order valence-electron chi connectivity index (χ0n) is 9.96. The van der Waals surface area contributed by atoms with Gasteiger partial charge in [-0.25, -0.2) is 0 Å². The van der Waals surface area contributed by atoms with Crippen LogP contribution in [0.4, 0.5) is 0 Å². The molecule has 2 aromatic rings. The summed E-state index contributed by atoms with van der Waals surface area (Å²) < 4.78 is 6.36. The van der Waals surface area contributed by atoms with Crippen LogP contribution in [0.2, 0.25) is 0 Å². The van der Waals surface area contributed by atoms with Gasteiger partial charge in [0.25, 0.3) is 0 Å². The predicted molar refractivity (Wildman–Crippen MR) is 66.2 cm³/mol. The summed E-state index contributed by atoms with van der Waals surface area (Å²) >= 11 is 3.50. The van der Waals surface area contributed by atoms with E-state index < -0.39 is 0 Å². The van der Waals surface area contributed by atoms with E-state index in [4.69, 9.17) is 4.74 Å². The summed E-state index contributed by atoms with van der Waals surface area (Å²) in [6.45, 7) is 0. The van der Waals surface area contributed by atoms with Crippen molar-refractivity contribution in [2.75, 3.05) is 7.11 Å². The van der Waals surface area contributed by atoms with Gasteiger partial charge in [-0.15, -0.1) is 0 Å². The van der Waals surface area contributed by atoms with Crippen molar-refractivity contribution < 1.29 is 7.59 Å². The first kappa shape index (κ1) is 11.8. The summed E-state index contributed by atoms with van der Waals surface area (Å²) in [5.74, 6) is 0.916. The fraction of sp³-hybridized carbons (Fsp3) is 0.0909. The maximum Gasteiger partial charge on any atom is 2.00 e. The maximum atomic E-state index is 5.26. The summed E-state index contributed by atoms with van der Waals surface area (Å²) in [4.78, 5) is 0. The summed E-state index contributed by atoms with van der Waals surface area (Å²) in [5, 5.41) is 2.32. The Kier molecular flexibility index (Phi) is 4.22. The molecule has 3 heteroatoms. The average molecular weight is 263 g/mol. The van der Waals surface area contributed by atoms with Crippen LogP contribution < -0.4 is 4.74 Å². The van der Waals surface area contributed by atoms with E-state index >= 15 is 0 Å². The van der Waals surface area contributed by atoms with Crippen molar-refractivity contribution in [3.05, 3.63) is 40.9 Å². The van der Waals surface area contributed by atoms with Crippen molar-refractivity contribution in [2.45, 2.75) is 0 Å². The van der Waals surface area contributed by atoms with Gasteiger partial charge in [-0.05, 0) is 17.5 Å². The summed E-state index contributed by atoms with van der Waals surface area (Å²) in [7, 11) is 1.69. The van der Waals surface area contributed by atoms with Gasteiger partial charge in [0, 0.05) is 9.86 Å². The molecule has 2 aromatic carbocycles. The van der Waals surface area contributed by atoms with Gasteiger partial charge in [0.05, 0.1) is 7.11 Å². The molecule has 0 amide bonds. The van der Waals surface area contributed by atoms with Gasteiger partial charge < -0.3 is 7.59 Å². The Labute approximate surface area is 111 Å². The SMILES string of the molecule is COc1ccc(Br)c2ccccc12.[H-].[H-].[Mg+2]. The molecule has 1 nitrogen and oxygen atoms in total. The third kappa shape index (κ3) is 2.05. The number of halogens is 1. The Morgan fingerprint density at radius 2 is 1.71 bits per heavy atom. The molecule has 0 spiro atoms. The molecule has 0 atom stereocenters. The average Bonchev–Trinajstić information content (AvgIpc) is 2.19. The number of hydrogen-bond acceptors (Lipinski definition) is 1. The molecule has 2 rings (SSSR count). The first-order chi connectivity index (χ1) is 6.33. The molecular formula is C11H11BrMgO. The Balaban J connectivity index is 0. The molecule has 0 aliphatic carbocycles. The number of hydrogen-bond donors (Lipinski definition) is 0. The Bertz CT molecular complexity index is 451. The molecule has 14 heavy (non-hydrogen) atoms. The van der Waals surface area contributed by atoms with Gasteiger partial charge in [-0.2, -0.15) is 0 Å². The second-order valence-electron chi connectivity index (χ2n) is 2.80. The molecule has 0 aliphatic heterocycles. The van der Waals surface area contributed by atoms with Crippen molar-refractivity contribution in [2.24, 2.45) is 0 Å². The molecule has 0 saturated carbocycles. The van der Waals surface area contributed by atoms with Crippen molar-refractivity contribution >= 4 is 49.8 Å². The molecular weight excluding hydrogens is 252 g/mol. The van der Waals surface area contributed by atoms with Crippen LogP contribution >= 0.6 is 15.9 Å². The quantitative estimate of drug-likeness (QED) is 0.716. The first-order valence-corrected chi connectivity index (χ1v) is 4.83. The molecule has 70 valence electrons. The van der Waals surface area contributed by atoms with E-state index in [0.29, 0.717) is 0 Å². The first-order valence-electron chi connectivity index (χ1n) is 4.04. The minimum absolute atomic E-state index is 0. The van der Waals surface area contributed by atoms with E-state index in [9.17, 15) is 0 Å². The molecule has 0 fully saturated rings. The van der Waals surface area contributed by atoms with Crippen molar-refractivity contribution in [3.8, 4) is 5.75 Å². The van der Waals surface area contributed by atoms with Crippen LogP contribution in [0.25, 0.3) is 10.8 Å². The Morgan fingerprint density at radius 3 is 2.36 bits per heavy atom. The van der Waals surface area contributed by atoms with Crippen LogP contribution in [0.3, 0.4) is 0 Å². The van der Waals surface area contributed by atoms with Crippen LogP contribution in [0.5, 0.6) is 5.75 Å². The predicted octanol–water partition coefficient (Wildman–Crippen LogP) is 3.46. The summed E-state index contributed by atoms with van der Waals surface area (Å²) in [6.07, 6.45) is 0. The smallest absolute Gasteiger partial charge is 1.00 e. The van der Waals surface area contributed by atoms with Crippen LogP contribution in [-0.2, 0) is 0 Å². The van der Waals surface area contributed by atoms with Gasteiger partial charge in [-0.1, -0.05) is 40.2 Å². The zero-order valence-corrected chi connectivity index (χ0v) is 11.0. The Morgan fingerprint density at radius 1 is 1.07 bits per heavy atom. The van der Waals surface area contributed by atoms with Crippen LogP contribution in [0.15, 0.2) is 40.9 Å². The van der Waals surface area contributed by atoms with Gasteiger partial charge in [-0.3, -0.25) is 0 Å². The third-order valence-corrected chi connectivity index (χ3v) is 2.74. The molecule has 0 unspecified atom stereocenters. The molecule has 0 heterocycles. The van der Waals surface area contributed by atoms with Crippen molar-refractivity contribution in [1.82, 2.24) is 0 Å². The van der Waals surface area contributed by atoms with Crippen LogP contribution in [0.1, 0.15) is 2.85 Å². The molecule has 0 bridgehead atoms. The van der Waals surface area contributed by atoms with Crippen molar-refractivity contribution in [1.29, 1.82) is 0 Å². The van der Waals surface area contributed by atoms with Crippen LogP contribution in [0, 0.1) is 0 Å². The number of fused-ring (bicyclic) bond motifs is 1. The Hall–Kier alpha value is -0.254. The molecule has 0 saturated heterocycles. The summed E-state index contributed by atoms with van der Waals surface area (Å²) in [5.41, 5.74) is 0. The molecule has 0 aromatic heterocycles. The van der Waals surface area contributed by atoms with E-state index in [1.165, 1.54) is 5.39 Å². The third-order valence-electron chi connectivity index (χ3n) is 2.05. The number of ether oxygens (including phenoxy) is 1. The number of rotatable bonds is 1. The molecule has 0 N–H and O–H groups in total. The maximum absolute atomic E-state index is 5.26. The van der Waals surface area contributed by atoms with E-state index in [0.717, 1.165) is 15.6 Å². The minimum Gasteiger partial charge on any atom is -1.00 e. The number of benzene rings is 2. The van der Waals surface area contributed by atoms with E-state index in [2.05, 4.69) is 28.1 Å². The topological polar surface area (TPSA) is 9.23 Å².